The van der Waals surface area contributed by atoms with Gasteiger partial charge in [0.15, 0.2) is 0 Å². The van der Waals surface area contributed by atoms with Crippen LogP contribution in [-0.4, -0.2) is 75.1 Å². The highest BCUT2D eigenvalue weighted by Crippen LogP contribution is 2.16. The maximum Gasteiger partial charge on any atom is 0.241 e. The fourth-order valence-electron chi connectivity index (χ4n) is 8.12. The molecule has 8 nitrogen and oxygen atoms in total. The number of rotatable bonds is 49. The normalized spacial score (nSPS) is 11.2. The Morgan fingerprint density at radius 2 is 0.742 bits per heavy atom. The molecule has 1 atom stereocenters. The number of nitrogens with two attached hydrogens (primary N) is 2. The SMILES string of the molecule is CCCCCCCCCCCCCCCCCCN(CCCCCCCCCCCCCCCCCC)C(=O)CNC(=O)C(CCCCNCCCN)NCCCN.Cl.Cl.Cl.Cl. The van der Waals surface area contributed by atoms with E-state index in [0.717, 1.165) is 71.1 Å². The van der Waals surface area contributed by atoms with Gasteiger partial charge in [-0.3, -0.25) is 9.59 Å². The average molecular weight is 967 g/mol. The number of carbonyl (C=O) groups excluding carboxylic acids is 2. The van der Waals surface area contributed by atoms with Crippen LogP contribution in [0, 0.1) is 0 Å². The van der Waals surface area contributed by atoms with Gasteiger partial charge in [0.2, 0.25) is 11.8 Å². The smallest absolute Gasteiger partial charge is 0.241 e. The van der Waals surface area contributed by atoms with E-state index in [4.69, 9.17) is 11.5 Å². The van der Waals surface area contributed by atoms with Crippen LogP contribution in [0.4, 0.5) is 0 Å². The molecule has 0 aliphatic carbocycles. The zero-order valence-corrected chi connectivity index (χ0v) is 44.2. The fourth-order valence-corrected chi connectivity index (χ4v) is 8.12. The van der Waals surface area contributed by atoms with E-state index in [1.54, 1.807) is 0 Å². The molecule has 0 saturated carbocycles. The van der Waals surface area contributed by atoms with Crippen LogP contribution in [0.2, 0.25) is 0 Å². The van der Waals surface area contributed by atoms with Crippen molar-refractivity contribution in [2.24, 2.45) is 11.5 Å². The molecule has 0 aliphatic rings. The highest BCUT2D eigenvalue weighted by atomic mass is 35.5. The van der Waals surface area contributed by atoms with E-state index in [1.165, 1.54) is 193 Å². The van der Waals surface area contributed by atoms with Gasteiger partial charge in [-0.05, 0) is 71.2 Å². The van der Waals surface area contributed by atoms with Gasteiger partial charge < -0.3 is 32.3 Å². The van der Waals surface area contributed by atoms with Crippen molar-refractivity contribution in [1.29, 1.82) is 0 Å². The number of unbranched alkanes of at least 4 members (excludes halogenated alkanes) is 31. The van der Waals surface area contributed by atoms with Gasteiger partial charge in [0.25, 0.3) is 0 Å². The molecular weight excluding hydrogens is 858 g/mol. The third-order valence-electron chi connectivity index (χ3n) is 12.1. The molecule has 1 unspecified atom stereocenters. The summed E-state index contributed by atoms with van der Waals surface area (Å²) in [5.74, 6) is 0.00584. The molecule has 0 aromatic heterocycles. The molecule has 7 N–H and O–H groups in total. The summed E-state index contributed by atoms with van der Waals surface area (Å²) in [6, 6.07) is -0.294. The van der Waals surface area contributed by atoms with Crippen molar-refractivity contribution in [3.8, 4) is 0 Å². The van der Waals surface area contributed by atoms with E-state index in [-0.39, 0.29) is 74.0 Å². The molecule has 2 amide bonds. The molecular formula is C50H108Cl4N6O2. The predicted octanol–water partition coefficient (Wildman–Crippen LogP) is 13.6. The second kappa shape index (κ2) is 60.9. The number of halogens is 4. The second-order valence-corrected chi connectivity index (χ2v) is 17.7. The van der Waals surface area contributed by atoms with Crippen molar-refractivity contribution < 1.29 is 9.59 Å². The Balaban J connectivity index is -0.00000271. The molecule has 378 valence electrons. The molecule has 0 fully saturated rings. The third kappa shape index (κ3) is 52.6. The zero-order chi connectivity index (χ0) is 42.3. The first-order valence-electron chi connectivity index (χ1n) is 26.0. The molecule has 0 rings (SSSR count). The van der Waals surface area contributed by atoms with Gasteiger partial charge in [-0.15, -0.1) is 49.6 Å². The maximum absolute atomic E-state index is 13.6. The molecule has 0 aromatic carbocycles. The van der Waals surface area contributed by atoms with E-state index in [1.807, 2.05) is 0 Å². The summed E-state index contributed by atoms with van der Waals surface area (Å²) in [7, 11) is 0. The largest absolute Gasteiger partial charge is 0.346 e. The van der Waals surface area contributed by atoms with Gasteiger partial charge in [-0.1, -0.05) is 213 Å². The lowest BCUT2D eigenvalue weighted by Crippen LogP contribution is -2.48. The molecule has 0 spiro atoms. The van der Waals surface area contributed by atoms with Gasteiger partial charge in [0.05, 0.1) is 12.6 Å². The van der Waals surface area contributed by atoms with Crippen LogP contribution in [0.25, 0.3) is 0 Å². The summed E-state index contributed by atoms with van der Waals surface area (Å²) < 4.78 is 0. The highest BCUT2D eigenvalue weighted by molar-refractivity contribution is 5.87. The minimum absolute atomic E-state index is 0. The number of hydrogen-bond acceptors (Lipinski definition) is 6. The van der Waals surface area contributed by atoms with Crippen LogP contribution in [0.3, 0.4) is 0 Å². The first-order valence-corrected chi connectivity index (χ1v) is 26.0. The van der Waals surface area contributed by atoms with E-state index in [2.05, 4.69) is 34.7 Å². The average Bonchev–Trinajstić information content (AvgIpc) is 3.23. The Morgan fingerprint density at radius 1 is 0.419 bits per heavy atom. The van der Waals surface area contributed by atoms with Gasteiger partial charge in [-0.25, -0.2) is 0 Å². The fraction of sp³-hybridized carbons (Fsp3) is 0.960. The summed E-state index contributed by atoms with van der Waals surface area (Å²) in [5, 5.41) is 9.84. The molecule has 0 saturated heterocycles. The third-order valence-corrected chi connectivity index (χ3v) is 12.1. The molecule has 0 aromatic rings. The highest BCUT2D eigenvalue weighted by Gasteiger charge is 2.20. The van der Waals surface area contributed by atoms with Crippen LogP contribution in [0.5, 0.6) is 0 Å². The van der Waals surface area contributed by atoms with Gasteiger partial charge in [-0.2, -0.15) is 0 Å². The zero-order valence-electron chi connectivity index (χ0n) is 40.9. The summed E-state index contributed by atoms with van der Waals surface area (Å²) in [5.41, 5.74) is 11.3. The number of nitrogens with zero attached hydrogens (tertiary/aromatic N) is 1. The van der Waals surface area contributed by atoms with E-state index < -0.39 is 0 Å². The summed E-state index contributed by atoms with van der Waals surface area (Å²) in [6.07, 6.45) is 47.7. The van der Waals surface area contributed by atoms with Gasteiger partial charge in [0.1, 0.15) is 0 Å². The lowest BCUT2D eigenvalue weighted by Gasteiger charge is -2.24. The number of carbonyl (C=O) groups is 2. The predicted molar refractivity (Wildman–Crippen MR) is 284 cm³/mol. The van der Waals surface area contributed by atoms with Crippen LogP contribution in [0.15, 0.2) is 0 Å². The first-order chi connectivity index (χ1) is 28.6. The Bertz CT molecular complexity index is 815. The first kappa shape index (κ1) is 70.9. The van der Waals surface area contributed by atoms with E-state index >= 15 is 0 Å². The van der Waals surface area contributed by atoms with E-state index in [9.17, 15) is 9.59 Å². The van der Waals surface area contributed by atoms with Crippen molar-refractivity contribution in [2.45, 2.75) is 257 Å². The molecule has 0 bridgehead atoms. The Hall–Kier alpha value is -0.0600. The molecule has 0 heterocycles. The minimum Gasteiger partial charge on any atom is -0.346 e. The van der Waals surface area contributed by atoms with Crippen molar-refractivity contribution >= 4 is 61.4 Å². The van der Waals surface area contributed by atoms with Crippen LogP contribution in [0.1, 0.15) is 251 Å². The van der Waals surface area contributed by atoms with Gasteiger partial charge >= 0.3 is 0 Å². The van der Waals surface area contributed by atoms with Crippen LogP contribution < -0.4 is 27.4 Å². The maximum atomic E-state index is 13.6. The molecule has 62 heavy (non-hydrogen) atoms. The monoisotopic (exact) mass is 965 g/mol. The molecule has 0 radical (unpaired) electrons. The topological polar surface area (TPSA) is 126 Å². The van der Waals surface area contributed by atoms with Gasteiger partial charge in [0, 0.05) is 13.1 Å². The number of nitrogens with one attached hydrogen (secondary N) is 3. The lowest BCUT2D eigenvalue weighted by molar-refractivity contribution is -0.133. The second-order valence-electron chi connectivity index (χ2n) is 17.7. The molecule has 0 aliphatic heterocycles. The van der Waals surface area contributed by atoms with E-state index in [0.29, 0.717) is 19.6 Å². The quantitative estimate of drug-likeness (QED) is 0.0387. The summed E-state index contributed by atoms with van der Waals surface area (Å²) in [6.45, 7) is 10.2. The van der Waals surface area contributed by atoms with Crippen LogP contribution in [-0.2, 0) is 9.59 Å². The summed E-state index contributed by atoms with van der Waals surface area (Å²) >= 11 is 0. The Labute approximate surface area is 411 Å². The van der Waals surface area contributed by atoms with Crippen LogP contribution >= 0.6 is 49.6 Å². The standard InChI is InChI=1S/C50H104N6O2.4ClH/c1-3-5-7-9-11-13-15-17-19-21-23-25-27-29-31-35-45-56(46-36-32-30-28-26-24-22-20-18-16-14-12-10-8-6-4-2)49(57)47-55-50(58)48(54-44-38-41-52)39-33-34-42-53-43-37-40-51;;;;/h48,53-54H,3-47,51-52H2,1-2H3,(H,55,58);4*1H. The van der Waals surface area contributed by atoms with Crippen molar-refractivity contribution in [3.63, 3.8) is 0 Å². The Kier molecular flexibility index (Phi) is 69.7. The molecule has 12 heteroatoms. The Morgan fingerprint density at radius 3 is 1.10 bits per heavy atom. The van der Waals surface area contributed by atoms with Crippen molar-refractivity contribution in [3.05, 3.63) is 0 Å². The number of hydrogen-bond donors (Lipinski definition) is 5. The minimum atomic E-state index is -0.294. The number of amides is 2. The van der Waals surface area contributed by atoms with Crippen molar-refractivity contribution in [2.75, 3.05) is 52.4 Å². The van der Waals surface area contributed by atoms with Crippen molar-refractivity contribution in [1.82, 2.24) is 20.9 Å². The summed E-state index contributed by atoms with van der Waals surface area (Å²) in [4.78, 5) is 28.9. The lowest BCUT2D eigenvalue weighted by atomic mass is 10.0.